The third-order valence-electron chi connectivity index (χ3n) is 2.63. The standard InChI is InChI=1S/C9H10N2O6S/c1-17-6-8(14)11(18(16)9(6)15)4-2-3-5(12)10-7(4)13/h4,15H,2-3H2,1H3,(H,10,12,13). The van der Waals surface area contributed by atoms with Crippen LogP contribution in [0, 0.1) is 0 Å². The summed E-state index contributed by atoms with van der Waals surface area (Å²) in [6.45, 7) is 0. The quantitative estimate of drug-likeness (QED) is 0.603. The number of piperidine rings is 1. The average Bonchev–Trinajstić information content (AvgIpc) is 2.52. The maximum Gasteiger partial charge on any atom is 0.306 e. The molecule has 9 heteroatoms. The number of nitrogens with one attached hydrogen (secondary N) is 1. The number of ether oxygens (including phenoxy) is 1. The molecule has 0 aromatic heterocycles. The lowest BCUT2D eigenvalue weighted by Crippen LogP contribution is -2.53. The number of hydrogen-bond acceptors (Lipinski definition) is 6. The van der Waals surface area contributed by atoms with E-state index in [1.807, 2.05) is 5.32 Å². The summed E-state index contributed by atoms with van der Waals surface area (Å²) in [6, 6.07) is -1.05. The summed E-state index contributed by atoms with van der Waals surface area (Å²) in [4.78, 5) is 34.4. The van der Waals surface area contributed by atoms with E-state index in [-0.39, 0.29) is 12.8 Å². The van der Waals surface area contributed by atoms with Gasteiger partial charge in [0.15, 0.2) is 11.0 Å². The Balaban J connectivity index is 2.27. The first-order chi connectivity index (χ1) is 8.47. The van der Waals surface area contributed by atoms with Crippen molar-refractivity contribution in [3.63, 3.8) is 0 Å². The molecular weight excluding hydrogens is 264 g/mol. The van der Waals surface area contributed by atoms with Crippen LogP contribution in [0.5, 0.6) is 0 Å². The van der Waals surface area contributed by atoms with Crippen LogP contribution in [-0.2, 0) is 30.1 Å². The van der Waals surface area contributed by atoms with Crippen molar-refractivity contribution in [2.45, 2.75) is 18.9 Å². The summed E-state index contributed by atoms with van der Waals surface area (Å²) in [5.41, 5.74) is 0. The Morgan fingerprint density at radius 3 is 2.61 bits per heavy atom. The van der Waals surface area contributed by atoms with Crippen molar-refractivity contribution in [1.29, 1.82) is 0 Å². The summed E-state index contributed by atoms with van der Waals surface area (Å²) >= 11 is 0. The average molecular weight is 274 g/mol. The Labute approximate surface area is 104 Å². The van der Waals surface area contributed by atoms with Crippen molar-refractivity contribution in [3.8, 4) is 0 Å². The zero-order valence-corrected chi connectivity index (χ0v) is 10.2. The second kappa shape index (κ2) is 4.41. The third-order valence-corrected chi connectivity index (χ3v) is 3.92. The van der Waals surface area contributed by atoms with Crippen LogP contribution in [-0.4, -0.2) is 44.5 Å². The maximum atomic E-state index is 11.8. The van der Waals surface area contributed by atoms with Gasteiger partial charge in [0, 0.05) is 6.42 Å². The van der Waals surface area contributed by atoms with E-state index in [9.17, 15) is 23.7 Å². The number of carbonyl (C=O) groups is 3. The normalized spacial score (nSPS) is 28.7. The van der Waals surface area contributed by atoms with Crippen LogP contribution in [0.3, 0.4) is 0 Å². The first-order valence-corrected chi connectivity index (χ1v) is 6.14. The first kappa shape index (κ1) is 12.6. The highest BCUT2D eigenvalue weighted by Crippen LogP contribution is 2.27. The van der Waals surface area contributed by atoms with E-state index in [1.54, 1.807) is 0 Å². The van der Waals surface area contributed by atoms with E-state index in [4.69, 9.17) is 0 Å². The molecule has 0 radical (unpaired) electrons. The molecule has 1 fully saturated rings. The van der Waals surface area contributed by atoms with Crippen LogP contribution in [0.1, 0.15) is 12.8 Å². The fourth-order valence-corrected chi connectivity index (χ4v) is 2.96. The van der Waals surface area contributed by atoms with E-state index < -0.39 is 45.6 Å². The fraction of sp³-hybridized carbons (Fsp3) is 0.444. The lowest BCUT2D eigenvalue weighted by molar-refractivity contribution is -0.140. The Hall–Kier alpha value is -1.90. The molecule has 0 bridgehead atoms. The topological polar surface area (TPSA) is 113 Å². The minimum atomic E-state index is -2.17. The molecule has 2 aliphatic heterocycles. The number of imide groups is 1. The molecule has 0 saturated carbocycles. The molecule has 0 aromatic carbocycles. The van der Waals surface area contributed by atoms with Gasteiger partial charge in [-0.3, -0.25) is 19.7 Å². The van der Waals surface area contributed by atoms with Crippen LogP contribution in [0.2, 0.25) is 0 Å². The number of nitrogens with zero attached hydrogens (tertiary/aromatic N) is 1. The second-order valence-electron chi connectivity index (χ2n) is 3.69. The molecule has 2 aliphatic rings. The highest BCUT2D eigenvalue weighted by Gasteiger charge is 2.46. The van der Waals surface area contributed by atoms with Gasteiger partial charge in [-0.15, -0.1) is 0 Å². The minimum absolute atomic E-state index is 0.0421. The third kappa shape index (κ3) is 1.76. The number of rotatable bonds is 2. The zero-order valence-electron chi connectivity index (χ0n) is 9.34. The Kier molecular flexibility index (Phi) is 3.07. The highest BCUT2D eigenvalue weighted by molar-refractivity contribution is 7.87. The van der Waals surface area contributed by atoms with Crippen molar-refractivity contribution in [2.24, 2.45) is 0 Å². The molecule has 2 atom stereocenters. The van der Waals surface area contributed by atoms with E-state index in [2.05, 4.69) is 4.74 Å². The monoisotopic (exact) mass is 274 g/mol. The summed E-state index contributed by atoms with van der Waals surface area (Å²) in [7, 11) is -1.03. The number of amides is 3. The highest BCUT2D eigenvalue weighted by atomic mass is 32.2. The van der Waals surface area contributed by atoms with Gasteiger partial charge in [-0.1, -0.05) is 0 Å². The van der Waals surface area contributed by atoms with Crippen molar-refractivity contribution in [2.75, 3.05) is 7.11 Å². The molecule has 98 valence electrons. The maximum absolute atomic E-state index is 11.8. The molecule has 0 aliphatic carbocycles. The van der Waals surface area contributed by atoms with Gasteiger partial charge in [-0.25, -0.2) is 8.51 Å². The Morgan fingerprint density at radius 1 is 1.44 bits per heavy atom. The van der Waals surface area contributed by atoms with Crippen LogP contribution in [0.4, 0.5) is 0 Å². The van der Waals surface area contributed by atoms with Crippen molar-refractivity contribution in [3.05, 3.63) is 10.9 Å². The zero-order chi connectivity index (χ0) is 13.4. The van der Waals surface area contributed by atoms with Crippen LogP contribution in [0.15, 0.2) is 10.9 Å². The summed E-state index contributed by atoms with van der Waals surface area (Å²) in [6.07, 6.45) is 0.104. The number of aliphatic hydroxyl groups is 1. The van der Waals surface area contributed by atoms with Crippen molar-refractivity contribution >= 4 is 28.7 Å². The second-order valence-corrected chi connectivity index (χ2v) is 4.96. The van der Waals surface area contributed by atoms with Crippen LogP contribution in [0.25, 0.3) is 0 Å². The van der Waals surface area contributed by atoms with Gasteiger partial charge in [-0.2, -0.15) is 0 Å². The molecule has 2 rings (SSSR count). The van der Waals surface area contributed by atoms with Crippen LogP contribution >= 0.6 is 0 Å². The van der Waals surface area contributed by atoms with E-state index >= 15 is 0 Å². The number of methoxy groups -OCH3 is 1. The molecule has 2 N–H and O–H groups in total. The molecule has 0 spiro atoms. The minimum Gasteiger partial charge on any atom is -0.496 e. The molecule has 0 aromatic rings. The van der Waals surface area contributed by atoms with Gasteiger partial charge < -0.3 is 9.84 Å². The first-order valence-electron chi connectivity index (χ1n) is 5.03. The lowest BCUT2D eigenvalue weighted by Gasteiger charge is -2.27. The lowest BCUT2D eigenvalue weighted by atomic mass is 10.1. The van der Waals surface area contributed by atoms with Gasteiger partial charge in [0.25, 0.3) is 11.0 Å². The molecule has 3 amide bonds. The van der Waals surface area contributed by atoms with Gasteiger partial charge in [0.1, 0.15) is 6.04 Å². The SMILES string of the molecule is COC1=C(O)S(=O)N(C2CCC(=O)NC2=O)C1=O. The molecule has 8 nitrogen and oxygen atoms in total. The molecule has 2 heterocycles. The Bertz CT molecular complexity index is 499. The fourth-order valence-electron chi connectivity index (χ4n) is 1.78. The van der Waals surface area contributed by atoms with Gasteiger partial charge >= 0.3 is 5.91 Å². The largest absolute Gasteiger partial charge is 0.496 e. The molecule has 2 unspecified atom stereocenters. The van der Waals surface area contributed by atoms with Crippen molar-refractivity contribution in [1.82, 2.24) is 9.62 Å². The van der Waals surface area contributed by atoms with Gasteiger partial charge in [0.05, 0.1) is 7.11 Å². The van der Waals surface area contributed by atoms with E-state index in [0.717, 1.165) is 11.4 Å². The van der Waals surface area contributed by atoms with E-state index in [1.165, 1.54) is 0 Å². The number of hydrogen-bond donors (Lipinski definition) is 2. The molecule has 18 heavy (non-hydrogen) atoms. The summed E-state index contributed by atoms with van der Waals surface area (Å²) in [5, 5.41) is 10.8. The predicted octanol–water partition coefficient (Wildman–Crippen LogP) is -1.33. The van der Waals surface area contributed by atoms with Crippen molar-refractivity contribution < 1.29 is 28.4 Å². The number of aliphatic hydroxyl groups excluding tert-OH is 1. The van der Waals surface area contributed by atoms with Crippen LogP contribution < -0.4 is 5.32 Å². The van der Waals surface area contributed by atoms with E-state index in [0.29, 0.717) is 0 Å². The Morgan fingerprint density at radius 2 is 2.11 bits per heavy atom. The van der Waals surface area contributed by atoms with Gasteiger partial charge in [-0.05, 0) is 6.42 Å². The van der Waals surface area contributed by atoms with Gasteiger partial charge in [0.2, 0.25) is 11.7 Å². The number of carbonyl (C=O) groups excluding carboxylic acids is 3. The molecular formula is C9H10N2O6S. The molecule has 1 saturated heterocycles. The summed E-state index contributed by atoms with van der Waals surface area (Å²) in [5.74, 6) is -2.43. The smallest absolute Gasteiger partial charge is 0.306 e. The summed E-state index contributed by atoms with van der Waals surface area (Å²) < 4.78 is 17.1. The predicted molar refractivity (Wildman–Crippen MR) is 57.8 cm³/mol.